The predicted molar refractivity (Wildman–Crippen MR) is 188 cm³/mol. The Hall–Kier alpha value is -4.84. The third-order valence-corrected chi connectivity index (χ3v) is 9.78. The van der Waals surface area contributed by atoms with E-state index in [2.05, 4.69) is 0 Å². The number of aromatic nitrogens is 2. The molecule has 6 rings (SSSR count). The van der Waals surface area contributed by atoms with Crippen LogP contribution in [0.1, 0.15) is 25.2 Å². The van der Waals surface area contributed by atoms with E-state index in [0.717, 1.165) is 26.7 Å². The average Bonchev–Trinajstić information content (AvgIpc) is 3.58. The molecule has 2 N–H and O–H groups in total. The number of amides is 2. The highest BCUT2D eigenvalue weighted by Crippen LogP contribution is 2.32. The largest absolute Gasteiger partial charge is 0.465 e. The van der Waals surface area contributed by atoms with Gasteiger partial charge in [-0.05, 0) is 77.2 Å². The van der Waals surface area contributed by atoms with Crippen molar-refractivity contribution < 1.29 is 23.1 Å². The highest BCUT2D eigenvalue weighted by atomic mass is 35.5. The lowest BCUT2D eigenvalue weighted by atomic mass is 10.0. The lowest BCUT2D eigenvalue weighted by Gasteiger charge is -2.21. The minimum atomic E-state index is -3.93. The second-order valence-corrected chi connectivity index (χ2v) is 14.2. The fourth-order valence-corrected chi connectivity index (χ4v) is 7.19. The molecule has 5 aromatic rings. The minimum Gasteiger partial charge on any atom is -0.465 e. The molecule has 1 fully saturated rings. The van der Waals surface area contributed by atoms with E-state index in [9.17, 15) is 23.1 Å². The first-order valence-electron chi connectivity index (χ1n) is 15.1. The van der Waals surface area contributed by atoms with E-state index in [4.69, 9.17) is 28.2 Å². The summed E-state index contributed by atoms with van der Waals surface area (Å²) in [6.45, 7) is 4.09. The first-order valence-corrected chi connectivity index (χ1v) is 17.2. The van der Waals surface area contributed by atoms with Crippen LogP contribution in [-0.4, -0.2) is 48.2 Å². The lowest BCUT2D eigenvalue weighted by Crippen LogP contribution is -2.32. The molecule has 0 saturated carbocycles. The summed E-state index contributed by atoms with van der Waals surface area (Å²) >= 11 is 12.7. The molecule has 0 aliphatic carbocycles. The predicted octanol–water partition coefficient (Wildman–Crippen LogP) is 7.43. The van der Waals surface area contributed by atoms with Crippen LogP contribution in [0.2, 0.25) is 10.0 Å². The summed E-state index contributed by atoms with van der Waals surface area (Å²) in [4.78, 5) is 29.8. The third-order valence-electron chi connectivity index (χ3n) is 7.83. The van der Waals surface area contributed by atoms with Crippen LogP contribution >= 0.6 is 23.2 Å². The Morgan fingerprint density at radius 2 is 1.56 bits per heavy atom. The van der Waals surface area contributed by atoms with Crippen LogP contribution in [0.5, 0.6) is 0 Å². The van der Waals surface area contributed by atoms with Crippen molar-refractivity contribution in [1.29, 1.82) is 0 Å². The van der Waals surface area contributed by atoms with Crippen molar-refractivity contribution in [1.82, 2.24) is 14.3 Å². The van der Waals surface area contributed by atoms with Crippen molar-refractivity contribution in [2.24, 2.45) is 5.92 Å². The fraction of sp³-hybridized carbons (Fsp3) is 0.171. The molecule has 48 heavy (non-hydrogen) atoms. The van der Waals surface area contributed by atoms with Gasteiger partial charge < -0.3 is 9.67 Å². The van der Waals surface area contributed by atoms with Gasteiger partial charge in [0.15, 0.2) is 0 Å². The third kappa shape index (κ3) is 7.03. The molecule has 1 aliphatic rings. The maximum atomic E-state index is 12.4. The zero-order valence-electron chi connectivity index (χ0n) is 26.0. The zero-order valence-corrected chi connectivity index (χ0v) is 28.3. The molecule has 2 amide bonds. The van der Waals surface area contributed by atoms with Gasteiger partial charge in [0.05, 0.1) is 16.4 Å². The second-order valence-electron chi connectivity index (χ2n) is 11.8. The van der Waals surface area contributed by atoms with E-state index in [-0.39, 0.29) is 12.5 Å². The van der Waals surface area contributed by atoms with Crippen LogP contribution in [0.25, 0.3) is 28.1 Å². The van der Waals surface area contributed by atoms with Crippen molar-refractivity contribution in [2.75, 3.05) is 22.3 Å². The molecule has 246 valence electrons. The van der Waals surface area contributed by atoms with Crippen LogP contribution in [0, 0.1) is 5.92 Å². The Morgan fingerprint density at radius 3 is 2.12 bits per heavy atom. The van der Waals surface area contributed by atoms with Crippen LogP contribution in [-0.2, 0) is 21.4 Å². The van der Waals surface area contributed by atoms with Gasteiger partial charge in [0.25, 0.3) is 5.91 Å². The molecule has 13 heteroatoms. The number of hydrogen-bond donors (Lipinski definition) is 2. The molecule has 0 atom stereocenters. The Morgan fingerprint density at radius 1 is 0.938 bits per heavy atom. The minimum absolute atomic E-state index is 0.195. The molecule has 1 saturated heterocycles. The molecular weight excluding hydrogens is 673 g/mol. The number of anilines is 2. The average molecular weight is 705 g/mol. The summed E-state index contributed by atoms with van der Waals surface area (Å²) in [6.07, 6.45) is 1.35. The molecule has 4 aromatic carbocycles. The van der Waals surface area contributed by atoms with E-state index in [0.29, 0.717) is 51.5 Å². The number of nitrogens with one attached hydrogen (secondary N) is 1. The first-order chi connectivity index (χ1) is 22.9. The van der Waals surface area contributed by atoms with E-state index in [1.807, 2.05) is 83.9 Å². The van der Waals surface area contributed by atoms with Gasteiger partial charge in [-0.1, -0.05) is 73.4 Å². The number of imidazole rings is 1. The van der Waals surface area contributed by atoms with Gasteiger partial charge >= 0.3 is 16.3 Å². The summed E-state index contributed by atoms with van der Waals surface area (Å²) in [7, 11) is -3.93. The highest BCUT2D eigenvalue weighted by Gasteiger charge is 2.34. The van der Waals surface area contributed by atoms with Crippen molar-refractivity contribution in [3.63, 3.8) is 0 Å². The van der Waals surface area contributed by atoms with Gasteiger partial charge in [-0.15, -0.1) is 0 Å². The first kappa shape index (κ1) is 33.1. The van der Waals surface area contributed by atoms with Crippen molar-refractivity contribution in [3.8, 4) is 28.1 Å². The van der Waals surface area contributed by atoms with Gasteiger partial charge in [-0.3, -0.25) is 9.69 Å². The van der Waals surface area contributed by atoms with Gasteiger partial charge in [-0.2, -0.15) is 8.42 Å². The Kier molecular flexibility index (Phi) is 9.20. The molecule has 2 heterocycles. The lowest BCUT2D eigenvalue weighted by molar-refractivity contribution is -0.117. The molecular formula is C35H31Cl2N5O5S. The number of nitrogens with zero attached hydrogens (tertiary/aromatic N) is 4. The van der Waals surface area contributed by atoms with Crippen LogP contribution in [0.4, 0.5) is 16.2 Å². The summed E-state index contributed by atoms with van der Waals surface area (Å²) in [5.74, 6) is 0.321. The smallest absolute Gasteiger partial charge is 0.411 e. The maximum Gasteiger partial charge on any atom is 0.411 e. The fourth-order valence-electron chi connectivity index (χ4n) is 5.54. The number of rotatable bonds is 9. The number of halogens is 2. The van der Waals surface area contributed by atoms with E-state index in [1.165, 1.54) is 4.90 Å². The summed E-state index contributed by atoms with van der Waals surface area (Å²) in [5, 5.41) is 10.6. The number of carbonyl (C=O) groups is 2. The van der Waals surface area contributed by atoms with Gasteiger partial charge in [0, 0.05) is 41.1 Å². The van der Waals surface area contributed by atoms with Crippen molar-refractivity contribution in [2.45, 2.75) is 20.3 Å². The topological polar surface area (TPSA) is 125 Å². The molecule has 0 radical (unpaired) electrons. The molecule has 1 aliphatic heterocycles. The van der Waals surface area contributed by atoms with Gasteiger partial charge in [0.1, 0.15) is 12.4 Å². The van der Waals surface area contributed by atoms with Crippen LogP contribution in [0.3, 0.4) is 0 Å². The zero-order chi connectivity index (χ0) is 34.2. The Balaban J connectivity index is 1.29. The van der Waals surface area contributed by atoms with Crippen LogP contribution < -0.4 is 13.9 Å². The number of hydrogen-bond acceptors (Lipinski definition) is 5. The summed E-state index contributed by atoms with van der Waals surface area (Å²) < 4.78 is 29.6. The quantitative estimate of drug-likeness (QED) is 0.165. The molecule has 1 aromatic heterocycles. The molecule has 10 nitrogen and oxygen atoms in total. The Bertz CT molecular complexity index is 2100. The van der Waals surface area contributed by atoms with Crippen LogP contribution in [0.15, 0.2) is 97.2 Å². The maximum absolute atomic E-state index is 12.4. The SMILES string of the molecule is CC(C)CN(C(=O)O)c1ccc(-c2ccc(Cc3nc(-c4ccc(Cl)cc4Cl)cn3-c3ccc(N4CC(=O)NS4(=O)=O)cc3)cc2)cc1. The standard InChI is InChI=1S/C35H31Cl2N5O5S/c1-22(2)19-41(35(44)45)28-10-7-25(8-11-28)24-5-3-23(4-6-24)17-33-38-32(30-16-9-26(36)18-31(30)37)20-40(33)27-12-14-29(15-13-27)42-21-34(43)39-48(42,46)47/h3-16,18,20,22H,17,19,21H2,1-2H3,(H,39,43)(H,44,45). The number of carboxylic acid groups (broad SMARTS) is 1. The molecule has 0 spiro atoms. The van der Waals surface area contributed by atoms with Gasteiger partial charge in [0.2, 0.25) is 0 Å². The molecule has 0 bridgehead atoms. The Labute approximate surface area is 288 Å². The van der Waals surface area contributed by atoms with Gasteiger partial charge in [-0.25, -0.2) is 18.8 Å². The highest BCUT2D eigenvalue weighted by molar-refractivity contribution is 7.92. The van der Waals surface area contributed by atoms with Crippen molar-refractivity contribution in [3.05, 3.63) is 119 Å². The number of carbonyl (C=O) groups excluding carboxylic acids is 1. The monoisotopic (exact) mass is 703 g/mol. The second kappa shape index (κ2) is 13.3. The summed E-state index contributed by atoms with van der Waals surface area (Å²) in [5.41, 5.74) is 6.00. The van der Waals surface area contributed by atoms with E-state index < -0.39 is 22.2 Å². The molecule has 0 unspecified atom stereocenters. The van der Waals surface area contributed by atoms with E-state index >= 15 is 0 Å². The van der Waals surface area contributed by atoms with E-state index in [1.54, 1.807) is 36.4 Å². The van der Waals surface area contributed by atoms with Crippen molar-refractivity contribution >= 4 is 56.8 Å². The normalized spacial score (nSPS) is 13.9. The number of benzene rings is 4. The summed E-state index contributed by atoms with van der Waals surface area (Å²) in [6, 6.07) is 27.6.